The fourth-order valence-corrected chi connectivity index (χ4v) is 3.54. The molecule has 0 fully saturated rings. The SMILES string of the molecule is Cc1c2n(c3ccc(Br)cc13)CCC2CC(F)(F)F. The maximum atomic E-state index is 12.6. The van der Waals surface area contributed by atoms with Crippen molar-refractivity contribution in [3.8, 4) is 0 Å². The van der Waals surface area contributed by atoms with E-state index in [0.29, 0.717) is 13.0 Å². The number of nitrogens with zero attached hydrogens (tertiary/aromatic N) is 1. The molecule has 1 unspecified atom stereocenters. The van der Waals surface area contributed by atoms with Crippen LogP contribution in [0.4, 0.5) is 13.2 Å². The van der Waals surface area contributed by atoms with Crippen molar-refractivity contribution in [2.75, 3.05) is 0 Å². The van der Waals surface area contributed by atoms with E-state index < -0.39 is 18.5 Å². The lowest BCUT2D eigenvalue weighted by Crippen LogP contribution is -2.12. The summed E-state index contributed by atoms with van der Waals surface area (Å²) in [6.45, 7) is 2.61. The molecule has 0 aliphatic carbocycles. The van der Waals surface area contributed by atoms with E-state index in [1.807, 2.05) is 29.7 Å². The molecule has 0 bridgehead atoms. The Morgan fingerprint density at radius 3 is 2.79 bits per heavy atom. The Bertz CT molecular complexity index is 642. The van der Waals surface area contributed by atoms with E-state index in [0.717, 1.165) is 26.6 Å². The van der Waals surface area contributed by atoms with Crippen molar-refractivity contribution in [3.05, 3.63) is 33.9 Å². The molecular weight excluding hydrogens is 319 g/mol. The number of alkyl halides is 3. The van der Waals surface area contributed by atoms with Crippen LogP contribution in [0.1, 0.15) is 30.0 Å². The smallest absolute Gasteiger partial charge is 0.344 e. The van der Waals surface area contributed by atoms with Crippen LogP contribution in [0.2, 0.25) is 0 Å². The molecule has 19 heavy (non-hydrogen) atoms. The second kappa shape index (κ2) is 4.27. The lowest BCUT2D eigenvalue weighted by Gasteiger charge is -2.13. The van der Waals surface area contributed by atoms with Gasteiger partial charge in [0.1, 0.15) is 0 Å². The molecule has 1 aliphatic rings. The van der Waals surface area contributed by atoms with Gasteiger partial charge in [0.2, 0.25) is 0 Å². The van der Waals surface area contributed by atoms with E-state index >= 15 is 0 Å². The van der Waals surface area contributed by atoms with Crippen LogP contribution in [0.5, 0.6) is 0 Å². The third-order valence-corrected chi connectivity index (χ3v) is 4.39. The topological polar surface area (TPSA) is 4.93 Å². The Morgan fingerprint density at radius 1 is 1.37 bits per heavy atom. The van der Waals surface area contributed by atoms with Crippen molar-refractivity contribution in [1.29, 1.82) is 0 Å². The molecule has 1 aromatic carbocycles. The fraction of sp³-hybridized carbons (Fsp3) is 0.429. The van der Waals surface area contributed by atoms with Crippen molar-refractivity contribution in [2.45, 2.75) is 38.4 Å². The average molecular weight is 332 g/mol. The van der Waals surface area contributed by atoms with Crippen molar-refractivity contribution in [3.63, 3.8) is 0 Å². The molecule has 0 saturated carbocycles. The maximum Gasteiger partial charge on any atom is 0.389 e. The van der Waals surface area contributed by atoms with E-state index in [2.05, 4.69) is 15.9 Å². The molecule has 3 rings (SSSR count). The lowest BCUT2D eigenvalue weighted by atomic mass is 9.96. The Labute approximate surface area is 117 Å². The number of fused-ring (bicyclic) bond motifs is 3. The molecule has 2 heterocycles. The van der Waals surface area contributed by atoms with Crippen molar-refractivity contribution in [1.82, 2.24) is 4.57 Å². The van der Waals surface area contributed by atoms with Gasteiger partial charge in [0.15, 0.2) is 0 Å². The highest BCUT2D eigenvalue weighted by atomic mass is 79.9. The minimum absolute atomic E-state index is 0.397. The summed E-state index contributed by atoms with van der Waals surface area (Å²) in [5.74, 6) is -0.397. The summed E-state index contributed by atoms with van der Waals surface area (Å²) in [7, 11) is 0. The highest BCUT2D eigenvalue weighted by Crippen LogP contribution is 2.43. The molecule has 0 spiro atoms. The number of hydrogen-bond donors (Lipinski definition) is 0. The number of rotatable bonds is 1. The molecule has 2 aromatic rings. The van der Waals surface area contributed by atoms with Crippen LogP contribution < -0.4 is 0 Å². The van der Waals surface area contributed by atoms with Gasteiger partial charge < -0.3 is 4.57 Å². The van der Waals surface area contributed by atoms with E-state index in [1.54, 1.807) is 0 Å². The lowest BCUT2D eigenvalue weighted by molar-refractivity contribution is -0.138. The third kappa shape index (κ3) is 2.18. The van der Waals surface area contributed by atoms with E-state index in [-0.39, 0.29) is 0 Å². The molecule has 0 radical (unpaired) electrons. The summed E-state index contributed by atoms with van der Waals surface area (Å²) >= 11 is 3.42. The molecule has 0 N–H and O–H groups in total. The number of benzene rings is 1. The van der Waals surface area contributed by atoms with Gasteiger partial charge in [0.25, 0.3) is 0 Å². The van der Waals surface area contributed by atoms with Crippen LogP contribution >= 0.6 is 15.9 Å². The van der Waals surface area contributed by atoms with Crippen LogP contribution in [0.15, 0.2) is 22.7 Å². The molecule has 1 atom stereocenters. The van der Waals surface area contributed by atoms with Gasteiger partial charge in [-0.2, -0.15) is 13.2 Å². The Kier molecular flexibility index (Phi) is 2.93. The minimum atomic E-state index is -4.09. The maximum absolute atomic E-state index is 12.6. The van der Waals surface area contributed by atoms with Gasteiger partial charge in [-0.25, -0.2) is 0 Å². The van der Waals surface area contributed by atoms with Gasteiger partial charge >= 0.3 is 6.18 Å². The highest BCUT2D eigenvalue weighted by molar-refractivity contribution is 9.10. The molecule has 102 valence electrons. The zero-order valence-corrected chi connectivity index (χ0v) is 12.0. The largest absolute Gasteiger partial charge is 0.389 e. The summed E-state index contributed by atoms with van der Waals surface area (Å²) in [5.41, 5.74) is 2.90. The summed E-state index contributed by atoms with van der Waals surface area (Å²) < 4.78 is 40.9. The molecular formula is C14H13BrF3N. The first-order valence-electron chi connectivity index (χ1n) is 6.22. The normalized spacial score (nSPS) is 19.1. The highest BCUT2D eigenvalue weighted by Gasteiger charge is 2.37. The predicted octanol–water partition coefficient (Wildman–Crippen LogP) is 5.15. The molecule has 1 nitrogen and oxygen atoms in total. The zero-order chi connectivity index (χ0) is 13.8. The Morgan fingerprint density at radius 2 is 2.11 bits per heavy atom. The Hall–Kier alpha value is -0.970. The van der Waals surface area contributed by atoms with Gasteiger partial charge in [-0.1, -0.05) is 15.9 Å². The Balaban J connectivity index is 2.13. The van der Waals surface area contributed by atoms with E-state index in [4.69, 9.17) is 0 Å². The van der Waals surface area contributed by atoms with Crippen LogP contribution in [0.3, 0.4) is 0 Å². The molecule has 1 aliphatic heterocycles. The minimum Gasteiger partial charge on any atom is -0.344 e. The predicted molar refractivity (Wildman–Crippen MR) is 72.4 cm³/mol. The van der Waals surface area contributed by atoms with Crippen LogP contribution in [-0.2, 0) is 6.54 Å². The molecule has 0 amide bonds. The van der Waals surface area contributed by atoms with Crippen molar-refractivity contribution in [2.24, 2.45) is 0 Å². The molecule has 0 saturated heterocycles. The van der Waals surface area contributed by atoms with Gasteiger partial charge in [-0.05, 0) is 37.1 Å². The van der Waals surface area contributed by atoms with Crippen LogP contribution in [-0.4, -0.2) is 10.7 Å². The third-order valence-electron chi connectivity index (χ3n) is 3.89. The number of aromatic nitrogens is 1. The van der Waals surface area contributed by atoms with Crippen LogP contribution in [0.25, 0.3) is 10.9 Å². The van der Waals surface area contributed by atoms with Gasteiger partial charge in [0.05, 0.1) is 6.42 Å². The molecule has 1 aromatic heterocycles. The summed E-state index contributed by atoms with van der Waals surface area (Å²) in [4.78, 5) is 0. The zero-order valence-electron chi connectivity index (χ0n) is 10.4. The number of hydrogen-bond acceptors (Lipinski definition) is 0. The van der Waals surface area contributed by atoms with Crippen molar-refractivity contribution >= 4 is 26.8 Å². The standard InChI is InChI=1S/C14H13BrF3N/c1-8-11-6-10(15)2-3-12(11)19-5-4-9(13(8)19)7-14(16,17)18/h2-3,6,9H,4-5,7H2,1H3. The summed E-state index contributed by atoms with van der Waals surface area (Å²) in [6.07, 6.45) is -4.23. The number of aryl methyl sites for hydroxylation is 2. The van der Waals surface area contributed by atoms with E-state index in [1.165, 1.54) is 0 Å². The summed E-state index contributed by atoms with van der Waals surface area (Å²) in [5, 5.41) is 1.05. The first-order valence-corrected chi connectivity index (χ1v) is 7.01. The second-order valence-electron chi connectivity index (χ2n) is 5.13. The first kappa shape index (κ1) is 13.0. The quantitative estimate of drug-likeness (QED) is 0.680. The van der Waals surface area contributed by atoms with Crippen LogP contribution in [0, 0.1) is 6.92 Å². The van der Waals surface area contributed by atoms with Gasteiger partial charge in [0, 0.05) is 33.5 Å². The van der Waals surface area contributed by atoms with Gasteiger partial charge in [-0.3, -0.25) is 0 Å². The monoisotopic (exact) mass is 331 g/mol. The summed E-state index contributed by atoms with van der Waals surface area (Å²) in [6, 6.07) is 5.90. The fourth-order valence-electron chi connectivity index (χ4n) is 3.18. The van der Waals surface area contributed by atoms with Gasteiger partial charge in [-0.15, -0.1) is 0 Å². The average Bonchev–Trinajstić information content (AvgIpc) is 2.79. The number of halogens is 4. The first-order chi connectivity index (χ1) is 8.87. The second-order valence-corrected chi connectivity index (χ2v) is 6.04. The van der Waals surface area contributed by atoms with Crippen molar-refractivity contribution < 1.29 is 13.2 Å². The molecule has 5 heteroatoms. The van der Waals surface area contributed by atoms with E-state index in [9.17, 15) is 13.2 Å².